The fourth-order valence-electron chi connectivity index (χ4n) is 2.79. The van der Waals surface area contributed by atoms with Crippen molar-refractivity contribution in [1.82, 2.24) is 9.55 Å². The lowest BCUT2D eigenvalue weighted by molar-refractivity contribution is 0.0432. The second-order valence-corrected chi connectivity index (χ2v) is 6.16. The zero-order chi connectivity index (χ0) is 15.8. The van der Waals surface area contributed by atoms with Gasteiger partial charge < -0.3 is 15.8 Å². The third kappa shape index (κ3) is 3.28. The number of rotatable bonds is 3. The summed E-state index contributed by atoms with van der Waals surface area (Å²) in [4.78, 5) is 8.89. The number of benzene rings is 1. The van der Waals surface area contributed by atoms with Gasteiger partial charge in [-0.1, -0.05) is 32.0 Å². The summed E-state index contributed by atoms with van der Waals surface area (Å²) >= 11 is 0. The Morgan fingerprint density at radius 3 is 2.62 bits per heavy atom. The Kier molecular flexibility index (Phi) is 6.41. The van der Waals surface area contributed by atoms with Crippen LogP contribution in [0.4, 0.5) is 5.69 Å². The molecule has 1 aromatic carbocycles. The summed E-state index contributed by atoms with van der Waals surface area (Å²) in [5.41, 5.74) is 7.42. The van der Waals surface area contributed by atoms with Crippen LogP contribution in [0.3, 0.4) is 0 Å². The first-order valence-electron chi connectivity index (χ1n) is 7.20. The number of para-hydroxylation sites is 1. The first kappa shape index (κ1) is 20.4. The Morgan fingerprint density at radius 1 is 1.29 bits per heavy atom. The fourth-order valence-corrected chi connectivity index (χ4v) is 2.79. The van der Waals surface area contributed by atoms with Crippen molar-refractivity contribution >= 4 is 36.5 Å². The predicted molar refractivity (Wildman–Crippen MR) is 101 cm³/mol. The van der Waals surface area contributed by atoms with E-state index in [-0.39, 0.29) is 30.2 Å². The van der Waals surface area contributed by atoms with Crippen LogP contribution < -0.4 is 11.1 Å². The molecule has 0 saturated heterocycles. The van der Waals surface area contributed by atoms with Gasteiger partial charge in [-0.3, -0.25) is 4.57 Å². The normalized spacial score (nSPS) is 19.2. The lowest BCUT2D eigenvalue weighted by atomic mass is 9.74. The summed E-state index contributed by atoms with van der Waals surface area (Å²) in [6.07, 6.45) is 5.25. The maximum absolute atomic E-state index is 6.79. The number of imidazole rings is 1. The number of hydrogen-bond donors (Lipinski definition) is 2. The van der Waals surface area contributed by atoms with Crippen LogP contribution in [0.15, 0.2) is 48.0 Å². The van der Waals surface area contributed by atoms with E-state index in [1.807, 2.05) is 35.0 Å². The van der Waals surface area contributed by atoms with Gasteiger partial charge in [0.2, 0.25) is 5.96 Å². The molecule has 1 atom stereocenters. The molecular weight excluding hydrogens is 349 g/mol. The minimum Gasteiger partial charge on any atom is -0.384 e. The molecule has 8 heteroatoms. The van der Waals surface area contributed by atoms with Crippen LogP contribution in [0, 0.1) is 5.41 Å². The van der Waals surface area contributed by atoms with Crippen molar-refractivity contribution in [1.29, 1.82) is 0 Å². The Balaban J connectivity index is 0.00000144. The van der Waals surface area contributed by atoms with Crippen LogP contribution in [0.2, 0.25) is 0 Å². The molecule has 6 nitrogen and oxygen atoms in total. The fraction of sp³-hybridized carbons (Fsp3) is 0.375. The van der Waals surface area contributed by atoms with E-state index >= 15 is 0 Å². The monoisotopic (exact) mass is 371 g/mol. The van der Waals surface area contributed by atoms with Gasteiger partial charge in [0.05, 0.1) is 6.61 Å². The molecule has 0 aliphatic carbocycles. The van der Waals surface area contributed by atoms with Crippen LogP contribution in [-0.2, 0) is 10.4 Å². The highest BCUT2D eigenvalue weighted by Crippen LogP contribution is 2.44. The molecule has 2 aromatic rings. The highest BCUT2D eigenvalue weighted by Gasteiger charge is 2.47. The van der Waals surface area contributed by atoms with Crippen molar-refractivity contribution in [2.75, 3.05) is 19.0 Å². The van der Waals surface area contributed by atoms with E-state index in [0.717, 1.165) is 11.3 Å². The number of nitrogens with zero attached hydrogens (tertiary/aromatic N) is 3. The number of fused-ring (bicyclic) bond motifs is 1. The van der Waals surface area contributed by atoms with Gasteiger partial charge in [0.15, 0.2) is 0 Å². The van der Waals surface area contributed by atoms with Crippen molar-refractivity contribution in [3.63, 3.8) is 0 Å². The van der Waals surface area contributed by atoms with E-state index in [9.17, 15) is 0 Å². The molecule has 0 amide bonds. The number of hydrogen-bond acceptors (Lipinski definition) is 5. The standard InChI is InChI=1S/C16H21N5O.2ClH/c1-15(2,10-22-3)16(17)12-6-4-5-7-13(12)19-14(20-16)21-9-8-18-11-21;;/h4-9,11H,10,17H2,1-3H3,(H,19,20);2*1H. The highest BCUT2D eigenvalue weighted by molar-refractivity contribution is 5.98. The maximum Gasteiger partial charge on any atom is 0.210 e. The Labute approximate surface area is 154 Å². The Hall–Kier alpha value is -1.60. The number of nitrogens with one attached hydrogen (secondary N) is 1. The van der Waals surface area contributed by atoms with Gasteiger partial charge in [0.1, 0.15) is 12.0 Å². The zero-order valence-corrected chi connectivity index (χ0v) is 15.5. The summed E-state index contributed by atoms with van der Waals surface area (Å²) in [5, 5.41) is 3.32. The van der Waals surface area contributed by atoms with Gasteiger partial charge in [-0.05, 0) is 6.07 Å². The molecule has 1 aromatic heterocycles. The van der Waals surface area contributed by atoms with E-state index < -0.39 is 5.66 Å². The number of aliphatic imine (C=N–C) groups is 1. The molecule has 0 spiro atoms. The van der Waals surface area contributed by atoms with Crippen molar-refractivity contribution < 1.29 is 4.74 Å². The topological polar surface area (TPSA) is 77.5 Å². The van der Waals surface area contributed by atoms with Crippen LogP contribution in [0.5, 0.6) is 0 Å². The van der Waals surface area contributed by atoms with E-state index in [0.29, 0.717) is 12.6 Å². The molecule has 3 rings (SSSR count). The molecule has 0 radical (unpaired) electrons. The predicted octanol–water partition coefficient (Wildman–Crippen LogP) is 2.84. The lowest BCUT2D eigenvalue weighted by Gasteiger charge is -2.44. The second kappa shape index (κ2) is 7.53. The molecular formula is C16H23Cl2N5O. The molecule has 0 bridgehead atoms. The van der Waals surface area contributed by atoms with Crippen molar-refractivity contribution in [3.8, 4) is 0 Å². The Morgan fingerprint density at radius 2 is 2.00 bits per heavy atom. The first-order chi connectivity index (χ1) is 10.5. The van der Waals surface area contributed by atoms with Crippen LogP contribution in [-0.4, -0.2) is 29.2 Å². The maximum atomic E-state index is 6.79. The summed E-state index contributed by atoms with van der Waals surface area (Å²) in [6.45, 7) is 4.62. The molecule has 0 fully saturated rings. The van der Waals surface area contributed by atoms with Gasteiger partial charge in [0, 0.05) is 36.2 Å². The van der Waals surface area contributed by atoms with E-state index in [1.165, 1.54) is 0 Å². The average Bonchev–Trinajstić information content (AvgIpc) is 3.01. The number of halogens is 2. The van der Waals surface area contributed by atoms with Crippen molar-refractivity contribution in [2.45, 2.75) is 19.5 Å². The van der Waals surface area contributed by atoms with E-state index in [2.05, 4.69) is 24.1 Å². The molecule has 2 heterocycles. The number of anilines is 1. The van der Waals surface area contributed by atoms with E-state index in [1.54, 1.807) is 19.6 Å². The summed E-state index contributed by atoms with van der Waals surface area (Å²) in [7, 11) is 1.68. The largest absolute Gasteiger partial charge is 0.384 e. The van der Waals surface area contributed by atoms with Gasteiger partial charge in [-0.2, -0.15) is 0 Å². The lowest BCUT2D eigenvalue weighted by Crippen LogP contribution is -2.54. The molecule has 132 valence electrons. The van der Waals surface area contributed by atoms with Gasteiger partial charge >= 0.3 is 0 Å². The molecule has 1 aliphatic rings. The van der Waals surface area contributed by atoms with Crippen LogP contribution in [0.25, 0.3) is 0 Å². The number of aromatic nitrogens is 2. The van der Waals surface area contributed by atoms with Crippen LogP contribution in [0.1, 0.15) is 19.4 Å². The molecule has 1 unspecified atom stereocenters. The third-order valence-corrected chi connectivity index (χ3v) is 4.15. The van der Waals surface area contributed by atoms with E-state index in [4.69, 9.17) is 15.5 Å². The van der Waals surface area contributed by atoms with Gasteiger partial charge in [-0.15, -0.1) is 24.8 Å². The van der Waals surface area contributed by atoms with Crippen molar-refractivity contribution in [2.24, 2.45) is 16.1 Å². The summed E-state index contributed by atoms with van der Waals surface area (Å²) in [6, 6.07) is 7.97. The zero-order valence-electron chi connectivity index (χ0n) is 13.9. The first-order valence-corrected chi connectivity index (χ1v) is 7.20. The highest BCUT2D eigenvalue weighted by atomic mass is 35.5. The quantitative estimate of drug-likeness (QED) is 0.869. The summed E-state index contributed by atoms with van der Waals surface area (Å²) < 4.78 is 7.20. The van der Waals surface area contributed by atoms with Gasteiger partial charge in [-0.25, -0.2) is 9.98 Å². The number of nitrogens with two attached hydrogens (primary N) is 1. The average molecular weight is 372 g/mol. The smallest absolute Gasteiger partial charge is 0.210 e. The molecule has 0 saturated carbocycles. The number of methoxy groups -OCH3 is 1. The minimum atomic E-state index is -0.898. The SMILES string of the molecule is COCC(C)(C)C1(N)N=C(n2ccnc2)Nc2ccccc21.Cl.Cl. The van der Waals surface area contributed by atoms with Gasteiger partial charge in [0.25, 0.3) is 0 Å². The summed E-state index contributed by atoms with van der Waals surface area (Å²) in [5.74, 6) is 0.655. The molecule has 24 heavy (non-hydrogen) atoms. The third-order valence-electron chi connectivity index (χ3n) is 4.15. The van der Waals surface area contributed by atoms with Crippen LogP contribution >= 0.6 is 24.8 Å². The van der Waals surface area contributed by atoms with Crippen molar-refractivity contribution in [3.05, 3.63) is 48.5 Å². The Bertz CT molecular complexity index is 702. The second-order valence-electron chi connectivity index (χ2n) is 6.16. The number of ether oxygens (including phenoxy) is 1. The molecule has 1 aliphatic heterocycles. The minimum absolute atomic E-state index is 0. The molecule has 3 N–H and O–H groups in total.